The number of likely N-dealkylation sites (tertiary alicyclic amines) is 1. The van der Waals surface area contributed by atoms with Crippen molar-refractivity contribution in [2.75, 3.05) is 26.7 Å². The van der Waals surface area contributed by atoms with Gasteiger partial charge in [-0.15, -0.1) is 0 Å². The van der Waals surface area contributed by atoms with Crippen LogP contribution >= 0.6 is 0 Å². The zero-order valence-electron chi connectivity index (χ0n) is 17.3. The summed E-state index contributed by atoms with van der Waals surface area (Å²) in [5, 5.41) is 3.00. The van der Waals surface area contributed by atoms with Crippen molar-refractivity contribution >= 4 is 11.9 Å². The highest BCUT2D eigenvalue weighted by molar-refractivity contribution is 5.81. The van der Waals surface area contributed by atoms with Gasteiger partial charge in [-0.05, 0) is 30.5 Å². The topological polar surface area (TPSA) is 65.8 Å². The van der Waals surface area contributed by atoms with Gasteiger partial charge in [-0.1, -0.05) is 43.7 Å². The van der Waals surface area contributed by atoms with Gasteiger partial charge in [-0.3, -0.25) is 4.79 Å². The van der Waals surface area contributed by atoms with Gasteiger partial charge in [0.05, 0.1) is 18.7 Å². The fraction of sp³-hybridized carbons (Fsp3) is 0.478. The van der Waals surface area contributed by atoms with Crippen LogP contribution in [0.15, 0.2) is 53.1 Å². The van der Waals surface area contributed by atoms with Gasteiger partial charge < -0.3 is 19.5 Å². The molecule has 0 saturated carbocycles. The molecule has 2 unspecified atom stereocenters. The van der Waals surface area contributed by atoms with Crippen molar-refractivity contribution in [3.8, 4) is 0 Å². The summed E-state index contributed by atoms with van der Waals surface area (Å²) in [6.45, 7) is 4.28. The Kier molecular flexibility index (Phi) is 7.33. The number of carbonyl (C=O) groups is 2. The van der Waals surface area contributed by atoms with E-state index in [-0.39, 0.29) is 23.8 Å². The molecule has 2 heterocycles. The number of unbranched alkanes of at least 4 members (excludes halogenated alkanes) is 1. The van der Waals surface area contributed by atoms with E-state index in [4.69, 9.17) is 4.42 Å². The van der Waals surface area contributed by atoms with Crippen LogP contribution in [0.5, 0.6) is 0 Å². The number of piperidine rings is 1. The molecule has 1 aliphatic rings. The van der Waals surface area contributed by atoms with Crippen LogP contribution in [0.2, 0.25) is 0 Å². The van der Waals surface area contributed by atoms with E-state index in [9.17, 15) is 9.59 Å². The maximum atomic E-state index is 13.2. The van der Waals surface area contributed by atoms with E-state index in [1.165, 1.54) is 5.56 Å². The van der Waals surface area contributed by atoms with Crippen LogP contribution < -0.4 is 5.32 Å². The average Bonchev–Trinajstić information content (AvgIpc) is 3.26. The van der Waals surface area contributed by atoms with E-state index in [0.717, 1.165) is 25.0 Å². The summed E-state index contributed by atoms with van der Waals surface area (Å²) in [5.74, 6) is 0.720. The van der Waals surface area contributed by atoms with Gasteiger partial charge in [0.25, 0.3) is 0 Å². The standard InChI is InChI=1S/C23H31N3O3/c1-3-4-12-24-23(28)26-15-19(18-9-6-5-7-10-18)14-20(16-26)22(27)25(2)17-21-11-8-13-29-21/h5-11,13,19-20H,3-4,12,14-17H2,1-2H3,(H,24,28). The molecule has 1 aromatic carbocycles. The molecular formula is C23H31N3O3. The number of carbonyl (C=O) groups excluding carboxylic acids is 2. The molecule has 2 atom stereocenters. The van der Waals surface area contributed by atoms with Crippen molar-refractivity contribution in [1.29, 1.82) is 0 Å². The van der Waals surface area contributed by atoms with Gasteiger partial charge in [0.2, 0.25) is 5.91 Å². The molecule has 1 saturated heterocycles. The minimum Gasteiger partial charge on any atom is -0.467 e. The summed E-state index contributed by atoms with van der Waals surface area (Å²) in [6.07, 6.45) is 4.34. The van der Waals surface area contributed by atoms with Gasteiger partial charge >= 0.3 is 6.03 Å². The number of furan rings is 1. The van der Waals surface area contributed by atoms with Crippen LogP contribution in [-0.4, -0.2) is 48.4 Å². The molecule has 29 heavy (non-hydrogen) atoms. The Hall–Kier alpha value is -2.76. The highest BCUT2D eigenvalue weighted by atomic mass is 16.3. The highest BCUT2D eigenvalue weighted by Gasteiger charge is 2.35. The number of nitrogens with one attached hydrogen (secondary N) is 1. The maximum absolute atomic E-state index is 13.2. The van der Waals surface area contributed by atoms with Crippen LogP contribution in [0.25, 0.3) is 0 Å². The fourth-order valence-electron chi connectivity index (χ4n) is 3.92. The summed E-state index contributed by atoms with van der Waals surface area (Å²) in [5.41, 5.74) is 1.17. The number of benzene rings is 1. The minimum atomic E-state index is -0.231. The normalized spacial score (nSPS) is 19.0. The summed E-state index contributed by atoms with van der Waals surface area (Å²) in [4.78, 5) is 29.4. The fourth-order valence-corrected chi connectivity index (χ4v) is 3.92. The first-order chi connectivity index (χ1) is 14.1. The Bertz CT molecular complexity index is 776. The van der Waals surface area contributed by atoms with Crippen molar-refractivity contribution in [1.82, 2.24) is 15.1 Å². The molecular weight excluding hydrogens is 366 g/mol. The molecule has 6 nitrogen and oxygen atoms in total. The van der Waals surface area contributed by atoms with Crippen molar-refractivity contribution in [3.63, 3.8) is 0 Å². The largest absolute Gasteiger partial charge is 0.467 e. The van der Waals surface area contributed by atoms with E-state index >= 15 is 0 Å². The first-order valence-electron chi connectivity index (χ1n) is 10.4. The third-order valence-electron chi connectivity index (χ3n) is 5.51. The van der Waals surface area contributed by atoms with E-state index in [0.29, 0.717) is 26.2 Å². The molecule has 1 N–H and O–H groups in total. The molecule has 156 valence electrons. The van der Waals surface area contributed by atoms with Crippen molar-refractivity contribution in [3.05, 3.63) is 60.1 Å². The predicted molar refractivity (Wildman–Crippen MR) is 112 cm³/mol. The Morgan fingerprint density at radius 3 is 2.66 bits per heavy atom. The first-order valence-corrected chi connectivity index (χ1v) is 10.4. The Morgan fingerprint density at radius 2 is 1.97 bits per heavy atom. The smallest absolute Gasteiger partial charge is 0.317 e. The number of rotatable bonds is 7. The molecule has 0 radical (unpaired) electrons. The van der Waals surface area contributed by atoms with Gasteiger partial charge in [0.15, 0.2) is 0 Å². The molecule has 2 aromatic rings. The second-order valence-electron chi connectivity index (χ2n) is 7.80. The molecule has 1 aliphatic heterocycles. The lowest BCUT2D eigenvalue weighted by molar-refractivity contribution is -0.136. The SMILES string of the molecule is CCCCNC(=O)N1CC(C(=O)N(C)Cc2ccco2)CC(c2ccccc2)C1. The average molecular weight is 398 g/mol. The molecule has 3 rings (SSSR count). The second-order valence-corrected chi connectivity index (χ2v) is 7.80. The molecule has 1 fully saturated rings. The molecule has 0 bridgehead atoms. The zero-order valence-corrected chi connectivity index (χ0v) is 17.3. The maximum Gasteiger partial charge on any atom is 0.317 e. The highest BCUT2D eigenvalue weighted by Crippen LogP contribution is 2.31. The van der Waals surface area contributed by atoms with E-state index in [1.807, 2.05) is 30.3 Å². The minimum absolute atomic E-state index is 0.0494. The Balaban J connectivity index is 1.72. The molecule has 3 amide bonds. The number of nitrogens with zero attached hydrogens (tertiary/aromatic N) is 2. The first kappa shape index (κ1) is 21.0. The Labute approximate surface area is 172 Å². The van der Waals surface area contributed by atoms with Crippen LogP contribution in [0, 0.1) is 5.92 Å². The van der Waals surface area contributed by atoms with Gasteiger partial charge in [0.1, 0.15) is 5.76 Å². The molecule has 6 heteroatoms. The molecule has 1 aromatic heterocycles. The lowest BCUT2D eigenvalue weighted by atomic mass is 9.84. The Morgan fingerprint density at radius 1 is 1.17 bits per heavy atom. The molecule has 0 spiro atoms. The third-order valence-corrected chi connectivity index (χ3v) is 5.51. The number of amides is 3. The number of hydrogen-bond acceptors (Lipinski definition) is 3. The van der Waals surface area contributed by atoms with Crippen molar-refractivity contribution < 1.29 is 14.0 Å². The van der Waals surface area contributed by atoms with E-state index in [2.05, 4.69) is 24.4 Å². The second kappa shape index (κ2) is 10.1. The summed E-state index contributed by atoms with van der Waals surface area (Å²) >= 11 is 0. The van der Waals surface area contributed by atoms with Gasteiger partial charge in [0, 0.05) is 32.6 Å². The van der Waals surface area contributed by atoms with Crippen LogP contribution in [0.4, 0.5) is 4.79 Å². The van der Waals surface area contributed by atoms with E-state index in [1.54, 1.807) is 23.1 Å². The van der Waals surface area contributed by atoms with Gasteiger partial charge in [-0.25, -0.2) is 4.79 Å². The quantitative estimate of drug-likeness (QED) is 0.722. The predicted octanol–water partition coefficient (Wildman–Crippen LogP) is 3.85. The third kappa shape index (κ3) is 5.62. The summed E-state index contributed by atoms with van der Waals surface area (Å²) in [6, 6.07) is 13.8. The van der Waals surface area contributed by atoms with Crippen molar-refractivity contribution in [2.24, 2.45) is 5.92 Å². The molecule has 0 aliphatic carbocycles. The monoisotopic (exact) mass is 397 g/mol. The summed E-state index contributed by atoms with van der Waals surface area (Å²) in [7, 11) is 1.79. The van der Waals surface area contributed by atoms with Crippen LogP contribution in [0.1, 0.15) is 43.4 Å². The lowest BCUT2D eigenvalue weighted by Crippen LogP contribution is -2.51. The zero-order chi connectivity index (χ0) is 20.6. The number of hydrogen-bond donors (Lipinski definition) is 1. The van der Waals surface area contributed by atoms with Crippen LogP contribution in [-0.2, 0) is 11.3 Å². The lowest BCUT2D eigenvalue weighted by Gasteiger charge is -2.38. The van der Waals surface area contributed by atoms with Crippen LogP contribution in [0.3, 0.4) is 0 Å². The number of urea groups is 1. The van der Waals surface area contributed by atoms with Crippen molar-refractivity contribution in [2.45, 2.75) is 38.6 Å². The van der Waals surface area contributed by atoms with E-state index < -0.39 is 0 Å². The van der Waals surface area contributed by atoms with Gasteiger partial charge in [-0.2, -0.15) is 0 Å². The summed E-state index contributed by atoms with van der Waals surface area (Å²) < 4.78 is 5.38.